The lowest BCUT2D eigenvalue weighted by atomic mass is 9.93. The average molecular weight is 541 g/mol. The SMILES string of the molecule is CCNc1cc2c(cn1)c(-c1cnn(C[C@H](O)C(C)(C)O)c1)nn2[C@H]1CC[C@@H](Oc2ccc(F)cc2F)CC1. The molecule has 11 heteroatoms. The van der Waals surface area contributed by atoms with Gasteiger partial charge in [0.25, 0.3) is 0 Å². The molecule has 3 heterocycles. The molecule has 1 fully saturated rings. The van der Waals surface area contributed by atoms with E-state index in [1.165, 1.54) is 12.1 Å². The van der Waals surface area contributed by atoms with Gasteiger partial charge in [0.15, 0.2) is 11.6 Å². The lowest BCUT2D eigenvalue weighted by Gasteiger charge is -2.29. The summed E-state index contributed by atoms with van der Waals surface area (Å²) in [6.45, 7) is 6.00. The smallest absolute Gasteiger partial charge is 0.167 e. The number of aliphatic hydroxyl groups excluding tert-OH is 1. The fourth-order valence-electron chi connectivity index (χ4n) is 4.95. The predicted molar refractivity (Wildman–Crippen MR) is 143 cm³/mol. The first-order chi connectivity index (χ1) is 18.6. The summed E-state index contributed by atoms with van der Waals surface area (Å²) >= 11 is 0. The standard InChI is InChI=1S/C28H34F2N6O3/c1-4-31-26-12-23-21(14-32-26)27(17-13-33-35(15-17)16-25(37)28(2,3)38)34-36(23)19-6-8-20(9-7-19)39-24-10-5-18(29)11-22(24)30/h5,10-15,19-20,25,37-38H,4,6-9,16H2,1-3H3,(H,31,32)/t19-,20+,25-/m0/s1. The lowest BCUT2D eigenvalue weighted by molar-refractivity contribution is -0.0566. The number of nitrogens with one attached hydrogen (secondary N) is 1. The van der Waals surface area contributed by atoms with E-state index in [1.807, 2.05) is 17.7 Å². The lowest BCUT2D eigenvalue weighted by Crippen LogP contribution is -2.39. The molecule has 0 saturated heterocycles. The minimum Gasteiger partial charge on any atom is -0.487 e. The predicted octanol–water partition coefficient (Wildman–Crippen LogP) is 4.70. The fourth-order valence-corrected chi connectivity index (χ4v) is 4.95. The number of aromatic nitrogens is 5. The van der Waals surface area contributed by atoms with Gasteiger partial charge in [-0.2, -0.15) is 10.2 Å². The number of fused-ring (bicyclic) bond motifs is 1. The summed E-state index contributed by atoms with van der Waals surface area (Å²) in [4.78, 5) is 4.56. The van der Waals surface area contributed by atoms with E-state index in [0.29, 0.717) is 12.8 Å². The molecular weight excluding hydrogens is 506 g/mol. The number of pyridine rings is 1. The molecule has 0 unspecified atom stereocenters. The zero-order chi connectivity index (χ0) is 27.7. The summed E-state index contributed by atoms with van der Waals surface area (Å²) in [5.41, 5.74) is 1.20. The van der Waals surface area contributed by atoms with Crippen molar-refractivity contribution in [1.29, 1.82) is 0 Å². The highest BCUT2D eigenvalue weighted by molar-refractivity contribution is 5.93. The van der Waals surface area contributed by atoms with Crippen LogP contribution in [0, 0.1) is 11.6 Å². The topological polar surface area (TPSA) is 110 Å². The molecule has 1 saturated carbocycles. The van der Waals surface area contributed by atoms with Gasteiger partial charge in [-0.3, -0.25) is 9.36 Å². The third-order valence-electron chi connectivity index (χ3n) is 7.21. The van der Waals surface area contributed by atoms with Gasteiger partial charge in [-0.1, -0.05) is 0 Å². The van der Waals surface area contributed by atoms with Crippen LogP contribution in [0.3, 0.4) is 0 Å². The number of rotatable bonds is 9. The molecule has 208 valence electrons. The van der Waals surface area contributed by atoms with Crippen LogP contribution in [0.25, 0.3) is 22.2 Å². The second-order valence-electron chi connectivity index (χ2n) is 10.7. The highest BCUT2D eigenvalue weighted by Crippen LogP contribution is 2.37. The number of ether oxygens (including phenoxy) is 1. The Kier molecular flexibility index (Phi) is 7.55. The Hall–Kier alpha value is -3.57. The van der Waals surface area contributed by atoms with Crippen molar-refractivity contribution in [2.45, 2.75) is 76.9 Å². The summed E-state index contributed by atoms with van der Waals surface area (Å²) in [6, 6.07) is 5.46. The third-order valence-corrected chi connectivity index (χ3v) is 7.21. The number of hydrogen-bond acceptors (Lipinski definition) is 7. The number of halogens is 2. The number of nitrogens with zero attached hydrogens (tertiary/aromatic N) is 5. The molecule has 5 rings (SSSR count). The van der Waals surface area contributed by atoms with E-state index in [4.69, 9.17) is 9.84 Å². The highest BCUT2D eigenvalue weighted by Gasteiger charge is 2.28. The van der Waals surface area contributed by atoms with Crippen molar-refractivity contribution in [3.63, 3.8) is 0 Å². The zero-order valence-electron chi connectivity index (χ0n) is 22.3. The minimum absolute atomic E-state index is 0.0692. The van der Waals surface area contributed by atoms with E-state index in [1.54, 1.807) is 37.1 Å². The summed E-state index contributed by atoms with van der Waals surface area (Å²) in [7, 11) is 0. The first-order valence-corrected chi connectivity index (χ1v) is 13.3. The first kappa shape index (κ1) is 27.0. The molecule has 9 nitrogen and oxygen atoms in total. The second kappa shape index (κ2) is 10.9. The van der Waals surface area contributed by atoms with Crippen molar-refractivity contribution in [1.82, 2.24) is 24.5 Å². The van der Waals surface area contributed by atoms with Crippen LogP contribution in [0.2, 0.25) is 0 Å². The molecule has 1 aliphatic rings. The van der Waals surface area contributed by atoms with E-state index >= 15 is 0 Å². The molecule has 1 aromatic carbocycles. The maximum atomic E-state index is 14.1. The molecule has 0 amide bonds. The van der Waals surface area contributed by atoms with Crippen LogP contribution >= 0.6 is 0 Å². The number of benzene rings is 1. The maximum absolute atomic E-state index is 14.1. The van der Waals surface area contributed by atoms with E-state index in [0.717, 1.165) is 53.4 Å². The molecule has 0 bridgehead atoms. The van der Waals surface area contributed by atoms with Gasteiger partial charge in [0.1, 0.15) is 23.4 Å². The molecule has 39 heavy (non-hydrogen) atoms. The van der Waals surface area contributed by atoms with Crippen molar-refractivity contribution in [2.75, 3.05) is 11.9 Å². The Morgan fingerprint density at radius 2 is 1.92 bits per heavy atom. The molecule has 3 aromatic heterocycles. The van der Waals surface area contributed by atoms with Crippen LogP contribution in [0.5, 0.6) is 5.75 Å². The van der Waals surface area contributed by atoms with Crippen LogP contribution in [-0.4, -0.2) is 59.1 Å². The minimum atomic E-state index is -1.25. The molecule has 1 atom stereocenters. The van der Waals surface area contributed by atoms with Gasteiger partial charge in [-0.15, -0.1) is 0 Å². The van der Waals surface area contributed by atoms with Gasteiger partial charge in [-0.25, -0.2) is 13.8 Å². The van der Waals surface area contributed by atoms with Gasteiger partial charge in [-0.05, 0) is 58.6 Å². The highest BCUT2D eigenvalue weighted by atomic mass is 19.1. The number of anilines is 1. The molecular formula is C28H34F2N6O3. The quantitative estimate of drug-likeness (QED) is 0.282. The average Bonchev–Trinajstić information content (AvgIpc) is 3.50. The molecule has 0 aliphatic heterocycles. The van der Waals surface area contributed by atoms with Crippen LogP contribution in [0.4, 0.5) is 14.6 Å². The Bertz CT molecular complexity index is 1440. The van der Waals surface area contributed by atoms with Crippen molar-refractivity contribution < 1.29 is 23.7 Å². The van der Waals surface area contributed by atoms with Gasteiger partial charge in [0.05, 0.1) is 36.0 Å². The summed E-state index contributed by atoms with van der Waals surface area (Å²) in [5, 5.41) is 33.9. The monoisotopic (exact) mass is 540 g/mol. The second-order valence-corrected chi connectivity index (χ2v) is 10.7. The van der Waals surface area contributed by atoms with Crippen molar-refractivity contribution in [3.8, 4) is 17.0 Å². The number of aliphatic hydroxyl groups is 2. The fraction of sp³-hybridized carbons (Fsp3) is 0.464. The van der Waals surface area contributed by atoms with E-state index in [2.05, 4.69) is 15.4 Å². The Morgan fingerprint density at radius 1 is 1.15 bits per heavy atom. The van der Waals surface area contributed by atoms with Gasteiger partial charge >= 0.3 is 0 Å². The largest absolute Gasteiger partial charge is 0.487 e. The van der Waals surface area contributed by atoms with E-state index < -0.39 is 23.3 Å². The van der Waals surface area contributed by atoms with Crippen LogP contribution in [0.1, 0.15) is 52.5 Å². The van der Waals surface area contributed by atoms with Gasteiger partial charge in [0, 0.05) is 42.0 Å². The van der Waals surface area contributed by atoms with Gasteiger partial charge in [0.2, 0.25) is 0 Å². The normalized spacial score (nSPS) is 18.8. The molecule has 0 radical (unpaired) electrons. The third kappa shape index (κ3) is 5.89. The Balaban J connectivity index is 1.39. The molecule has 1 aliphatic carbocycles. The van der Waals surface area contributed by atoms with Gasteiger partial charge < -0.3 is 20.3 Å². The van der Waals surface area contributed by atoms with Crippen molar-refractivity contribution >= 4 is 16.7 Å². The van der Waals surface area contributed by atoms with Crippen molar-refractivity contribution in [2.24, 2.45) is 0 Å². The first-order valence-electron chi connectivity index (χ1n) is 13.3. The zero-order valence-corrected chi connectivity index (χ0v) is 22.3. The molecule has 4 aromatic rings. The summed E-state index contributed by atoms with van der Waals surface area (Å²) < 4.78 is 36.8. The van der Waals surface area contributed by atoms with E-state index in [9.17, 15) is 19.0 Å². The maximum Gasteiger partial charge on any atom is 0.167 e. The van der Waals surface area contributed by atoms with E-state index in [-0.39, 0.29) is 24.4 Å². The van der Waals surface area contributed by atoms with Crippen LogP contribution in [-0.2, 0) is 6.54 Å². The molecule has 0 spiro atoms. The van der Waals surface area contributed by atoms with Crippen molar-refractivity contribution in [3.05, 3.63) is 54.5 Å². The summed E-state index contributed by atoms with van der Waals surface area (Å²) in [5.74, 6) is -0.501. The number of hydrogen-bond donors (Lipinski definition) is 3. The Morgan fingerprint density at radius 3 is 2.62 bits per heavy atom. The van der Waals surface area contributed by atoms with Crippen LogP contribution < -0.4 is 10.1 Å². The van der Waals surface area contributed by atoms with Crippen LogP contribution in [0.15, 0.2) is 42.9 Å². The summed E-state index contributed by atoms with van der Waals surface area (Å²) in [6.07, 6.45) is 7.13. The molecule has 3 N–H and O–H groups in total. The Labute approximate surface area is 225 Å².